The zero-order chi connectivity index (χ0) is 14.3. The van der Waals surface area contributed by atoms with Gasteiger partial charge in [-0.2, -0.15) is 0 Å². The SMILES string of the molecule is CCC1NC(C2CCCC2)N(CC2(C(C)C)CC2)C1=O. The van der Waals surface area contributed by atoms with E-state index < -0.39 is 0 Å². The van der Waals surface area contributed by atoms with Crippen LogP contribution in [-0.4, -0.2) is 29.6 Å². The van der Waals surface area contributed by atoms with Gasteiger partial charge >= 0.3 is 0 Å². The van der Waals surface area contributed by atoms with Crippen molar-refractivity contribution in [3.8, 4) is 0 Å². The zero-order valence-corrected chi connectivity index (χ0v) is 13.3. The van der Waals surface area contributed by atoms with Crippen LogP contribution in [0.2, 0.25) is 0 Å². The molecule has 2 saturated carbocycles. The van der Waals surface area contributed by atoms with E-state index in [2.05, 4.69) is 31.0 Å². The Kier molecular flexibility index (Phi) is 3.83. The number of amides is 1. The summed E-state index contributed by atoms with van der Waals surface area (Å²) in [7, 11) is 0. The van der Waals surface area contributed by atoms with Crippen LogP contribution in [0.5, 0.6) is 0 Å². The molecule has 0 aromatic carbocycles. The number of carbonyl (C=O) groups is 1. The minimum Gasteiger partial charge on any atom is -0.325 e. The molecule has 0 radical (unpaired) electrons. The zero-order valence-electron chi connectivity index (χ0n) is 13.3. The fourth-order valence-electron chi connectivity index (χ4n) is 4.25. The molecule has 3 rings (SSSR count). The second-order valence-corrected chi connectivity index (χ2v) is 7.60. The van der Waals surface area contributed by atoms with Crippen LogP contribution < -0.4 is 5.32 Å². The summed E-state index contributed by atoms with van der Waals surface area (Å²) in [5.74, 6) is 1.76. The van der Waals surface area contributed by atoms with E-state index in [1.807, 2.05) is 0 Å². The van der Waals surface area contributed by atoms with Gasteiger partial charge in [-0.1, -0.05) is 33.6 Å². The number of rotatable bonds is 5. The number of nitrogens with one attached hydrogen (secondary N) is 1. The predicted octanol–water partition coefficient (Wildman–Crippen LogP) is 3.15. The highest BCUT2D eigenvalue weighted by molar-refractivity contribution is 5.84. The van der Waals surface area contributed by atoms with E-state index >= 15 is 0 Å². The van der Waals surface area contributed by atoms with Crippen molar-refractivity contribution in [3.63, 3.8) is 0 Å². The molecular formula is C17H30N2O. The van der Waals surface area contributed by atoms with Crippen molar-refractivity contribution in [3.05, 3.63) is 0 Å². The maximum Gasteiger partial charge on any atom is 0.241 e. The van der Waals surface area contributed by atoms with Crippen molar-refractivity contribution in [2.45, 2.75) is 77.9 Å². The second-order valence-electron chi connectivity index (χ2n) is 7.60. The fraction of sp³-hybridized carbons (Fsp3) is 0.941. The van der Waals surface area contributed by atoms with E-state index in [9.17, 15) is 4.79 Å². The van der Waals surface area contributed by atoms with Crippen molar-refractivity contribution in [2.75, 3.05) is 6.54 Å². The molecule has 3 nitrogen and oxygen atoms in total. The molecule has 0 bridgehead atoms. The molecule has 0 aromatic heterocycles. The molecule has 1 heterocycles. The Morgan fingerprint density at radius 1 is 1.30 bits per heavy atom. The van der Waals surface area contributed by atoms with Gasteiger partial charge in [0, 0.05) is 6.54 Å². The van der Waals surface area contributed by atoms with Crippen LogP contribution >= 0.6 is 0 Å². The van der Waals surface area contributed by atoms with Crippen LogP contribution in [0.1, 0.15) is 65.7 Å². The van der Waals surface area contributed by atoms with Gasteiger partial charge in [0.15, 0.2) is 0 Å². The molecule has 3 fully saturated rings. The van der Waals surface area contributed by atoms with Gasteiger partial charge in [-0.25, -0.2) is 0 Å². The van der Waals surface area contributed by atoms with Gasteiger partial charge in [-0.3, -0.25) is 10.1 Å². The Bertz CT molecular complexity index is 369. The molecule has 0 aromatic rings. The van der Waals surface area contributed by atoms with Crippen molar-refractivity contribution in [2.24, 2.45) is 17.3 Å². The first-order valence-corrected chi connectivity index (χ1v) is 8.64. The number of carbonyl (C=O) groups excluding carboxylic acids is 1. The number of nitrogens with zero attached hydrogens (tertiary/aromatic N) is 1. The summed E-state index contributed by atoms with van der Waals surface area (Å²) < 4.78 is 0. The van der Waals surface area contributed by atoms with Gasteiger partial charge in [-0.05, 0) is 49.4 Å². The van der Waals surface area contributed by atoms with Crippen molar-refractivity contribution in [1.29, 1.82) is 0 Å². The van der Waals surface area contributed by atoms with E-state index in [-0.39, 0.29) is 6.04 Å². The summed E-state index contributed by atoms with van der Waals surface area (Å²) in [6.07, 6.45) is 9.15. The lowest BCUT2D eigenvalue weighted by molar-refractivity contribution is -0.131. The van der Waals surface area contributed by atoms with Crippen LogP contribution in [0.3, 0.4) is 0 Å². The summed E-state index contributed by atoms with van der Waals surface area (Å²) in [4.78, 5) is 14.9. The average molecular weight is 278 g/mol. The Balaban J connectivity index is 1.75. The molecule has 0 spiro atoms. The molecule has 2 atom stereocenters. The monoisotopic (exact) mass is 278 g/mol. The smallest absolute Gasteiger partial charge is 0.241 e. The van der Waals surface area contributed by atoms with Gasteiger partial charge < -0.3 is 4.90 Å². The molecule has 1 amide bonds. The van der Waals surface area contributed by atoms with E-state index in [0.717, 1.165) is 13.0 Å². The van der Waals surface area contributed by atoms with Crippen LogP contribution in [0, 0.1) is 17.3 Å². The molecule has 2 aliphatic carbocycles. The molecule has 1 N–H and O–H groups in total. The molecule has 114 valence electrons. The third-order valence-corrected chi connectivity index (χ3v) is 6.15. The minimum atomic E-state index is 0.0727. The number of hydrogen-bond acceptors (Lipinski definition) is 2. The van der Waals surface area contributed by atoms with E-state index in [1.165, 1.54) is 38.5 Å². The third kappa shape index (κ3) is 2.38. The lowest BCUT2D eigenvalue weighted by atomic mass is 9.91. The van der Waals surface area contributed by atoms with Gasteiger partial charge in [-0.15, -0.1) is 0 Å². The molecule has 1 aliphatic heterocycles. The molecule has 2 unspecified atom stereocenters. The van der Waals surface area contributed by atoms with Crippen molar-refractivity contribution >= 4 is 5.91 Å². The summed E-state index contributed by atoms with van der Waals surface area (Å²) in [5, 5.41) is 3.65. The Labute approximate surface area is 123 Å². The van der Waals surface area contributed by atoms with Crippen LogP contribution in [0.4, 0.5) is 0 Å². The fourth-order valence-corrected chi connectivity index (χ4v) is 4.25. The Hall–Kier alpha value is -0.570. The summed E-state index contributed by atoms with van der Waals surface area (Å²) in [5.41, 5.74) is 0.427. The van der Waals surface area contributed by atoms with E-state index in [4.69, 9.17) is 0 Å². The first kappa shape index (κ1) is 14.4. The van der Waals surface area contributed by atoms with E-state index in [1.54, 1.807) is 0 Å². The maximum absolute atomic E-state index is 12.7. The largest absolute Gasteiger partial charge is 0.325 e. The van der Waals surface area contributed by atoms with Crippen molar-refractivity contribution in [1.82, 2.24) is 10.2 Å². The third-order valence-electron chi connectivity index (χ3n) is 6.15. The predicted molar refractivity (Wildman–Crippen MR) is 81.2 cm³/mol. The van der Waals surface area contributed by atoms with Gasteiger partial charge in [0.2, 0.25) is 5.91 Å². The summed E-state index contributed by atoms with van der Waals surface area (Å²) in [6, 6.07) is 0.0727. The highest BCUT2D eigenvalue weighted by atomic mass is 16.2. The van der Waals surface area contributed by atoms with Crippen molar-refractivity contribution < 1.29 is 4.79 Å². The minimum absolute atomic E-state index is 0.0727. The quantitative estimate of drug-likeness (QED) is 0.838. The Morgan fingerprint density at radius 2 is 1.95 bits per heavy atom. The first-order chi connectivity index (χ1) is 9.57. The lowest BCUT2D eigenvalue weighted by Crippen LogP contribution is -2.45. The molecule has 3 heteroatoms. The molecule has 1 saturated heterocycles. The van der Waals surface area contributed by atoms with E-state index in [0.29, 0.717) is 29.3 Å². The highest BCUT2D eigenvalue weighted by Crippen LogP contribution is 2.53. The average Bonchev–Trinajstić information content (AvgIpc) is 2.89. The van der Waals surface area contributed by atoms with Crippen LogP contribution in [-0.2, 0) is 4.79 Å². The highest BCUT2D eigenvalue weighted by Gasteiger charge is 2.51. The van der Waals surface area contributed by atoms with Gasteiger partial charge in [0.1, 0.15) is 0 Å². The summed E-state index contributed by atoms with van der Waals surface area (Å²) >= 11 is 0. The maximum atomic E-state index is 12.7. The van der Waals surface area contributed by atoms with Gasteiger partial charge in [0.05, 0.1) is 12.2 Å². The summed E-state index contributed by atoms with van der Waals surface area (Å²) in [6.45, 7) is 7.76. The van der Waals surface area contributed by atoms with Crippen LogP contribution in [0.25, 0.3) is 0 Å². The molecule has 20 heavy (non-hydrogen) atoms. The second kappa shape index (κ2) is 5.32. The Morgan fingerprint density at radius 3 is 2.45 bits per heavy atom. The normalized spacial score (nSPS) is 33.4. The standard InChI is InChI=1S/C17H30N2O/c1-4-14-16(20)19(11-17(9-10-17)12(2)3)15(18-14)13-7-5-6-8-13/h12-15,18H,4-11H2,1-3H3. The van der Waals surface area contributed by atoms with Gasteiger partial charge in [0.25, 0.3) is 0 Å². The lowest BCUT2D eigenvalue weighted by Gasteiger charge is -2.33. The topological polar surface area (TPSA) is 32.3 Å². The molecule has 3 aliphatic rings. The number of hydrogen-bond donors (Lipinski definition) is 1. The van der Waals surface area contributed by atoms with Crippen LogP contribution in [0.15, 0.2) is 0 Å². The molecular weight excluding hydrogens is 248 g/mol. The first-order valence-electron chi connectivity index (χ1n) is 8.64.